The second-order valence-electron chi connectivity index (χ2n) is 7.25. The fraction of sp³-hybridized carbons (Fsp3) is 0.526. The van der Waals surface area contributed by atoms with Gasteiger partial charge in [0.2, 0.25) is 0 Å². The predicted octanol–water partition coefficient (Wildman–Crippen LogP) is 2.75. The molecule has 2 aromatic rings. The third-order valence-corrected chi connectivity index (χ3v) is 5.06. The third kappa shape index (κ3) is 3.19. The van der Waals surface area contributed by atoms with E-state index in [0.29, 0.717) is 11.6 Å². The number of aromatic nitrogens is 1. The highest BCUT2D eigenvalue weighted by Crippen LogP contribution is 2.30. The number of aryl methyl sites for hydroxylation is 1. The fourth-order valence-electron chi connectivity index (χ4n) is 3.61. The smallest absolute Gasteiger partial charge is 0.352 e. The van der Waals surface area contributed by atoms with Crippen molar-refractivity contribution in [3.8, 4) is 0 Å². The molecule has 1 aliphatic rings. The fourth-order valence-corrected chi connectivity index (χ4v) is 3.61. The van der Waals surface area contributed by atoms with E-state index in [9.17, 15) is 9.90 Å². The summed E-state index contributed by atoms with van der Waals surface area (Å²) in [7, 11) is 4.01. The van der Waals surface area contributed by atoms with Gasteiger partial charge in [-0.15, -0.1) is 0 Å². The number of carbonyl (C=O) groups is 1. The molecule has 0 saturated carbocycles. The van der Waals surface area contributed by atoms with Crippen molar-refractivity contribution in [2.75, 3.05) is 33.2 Å². The first-order valence-corrected chi connectivity index (χ1v) is 8.63. The molecule has 0 radical (unpaired) electrons. The van der Waals surface area contributed by atoms with Crippen LogP contribution in [0.15, 0.2) is 18.2 Å². The Morgan fingerprint density at radius 3 is 2.38 bits per heavy atom. The number of hydrogen-bond acceptors (Lipinski definition) is 3. The summed E-state index contributed by atoms with van der Waals surface area (Å²) < 4.78 is 1.81. The average molecular weight is 329 g/mol. The van der Waals surface area contributed by atoms with Crippen LogP contribution in [0.2, 0.25) is 0 Å². The number of hydrogen-bond donors (Lipinski definition) is 1. The summed E-state index contributed by atoms with van der Waals surface area (Å²) in [4.78, 5) is 16.3. The summed E-state index contributed by atoms with van der Waals surface area (Å²) in [5, 5.41) is 10.5. The van der Waals surface area contributed by atoms with Crippen LogP contribution in [-0.2, 0) is 13.6 Å². The molecule has 1 fully saturated rings. The van der Waals surface area contributed by atoms with Gasteiger partial charge in [0.05, 0.1) is 5.52 Å². The van der Waals surface area contributed by atoms with Gasteiger partial charge in [-0.05, 0) is 36.2 Å². The van der Waals surface area contributed by atoms with Crippen LogP contribution in [0.25, 0.3) is 10.9 Å². The Bertz CT molecular complexity index is 756. The molecule has 0 spiro atoms. The van der Waals surface area contributed by atoms with E-state index in [1.54, 1.807) is 6.07 Å². The number of likely N-dealkylation sites (N-methyl/N-ethyl adjacent to an activating group) is 1. The second-order valence-corrected chi connectivity index (χ2v) is 7.25. The molecule has 130 valence electrons. The highest BCUT2D eigenvalue weighted by Gasteiger charge is 2.19. The SMILES string of the molecule is CC(C)c1cc(CN2CCN(C)CC2)cc2cc(C(=O)O)n(C)c12. The van der Waals surface area contributed by atoms with Gasteiger partial charge in [-0.1, -0.05) is 19.9 Å². The first-order valence-electron chi connectivity index (χ1n) is 8.63. The van der Waals surface area contributed by atoms with Crippen LogP contribution >= 0.6 is 0 Å². The largest absolute Gasteiger partial charge is 0.477 e. The van der Waals surface area contributed by atoms with E-state index in [1.807, 2.05) is 11.6 Å². The predicted molar refractivity (Wildman–Crippen MR) is 96.7 cm³/mol. The van der Waals surface area contributed by atoms with Gasteiger partial charge >= 0.3 is 5.97 Å². The monoisotopic (exact) mass is 329 g/mol. The molecule has 0 unspecified atom stereocenters. The normalized spacial score (nSPS) is 17.0. The lowest BCUT2D eigenvalue weighted by Gasteiger charge is -2.32. The number of rotatable bonds is 4. The number of carboxylic acids is 1. The molecular formula is C19H27N3O2. The van der Waals surface area contributed by atoms with Crippen LogP contribution in [0.5, 0.6) is 0 Å². The molecule has 0 atom stereocenters. The Morgan fingerprint density at radius 2 is 1.79 bits per heavy atom. The van der Waals surface area contributed by atoms with Gasteiger partial charge in [0.15, 0.2) is 0 Å². The zero-order valence-corrected chi connectivity index (χ0v) is 15.0. The molecule has 2 heterocycles. The number of piperazine rings is 1. The van der Waals surface area contributed by atoms with Gasteiger partial charge in [0.1, 0.15) is 5.69 Å². The van der Waals surface area contributed by atoms with Gasteiger partial charge in [-0.25, -0.2) is 4.79 Å². The molecule has 0 amide bonds. The molecule has 24 heavy (non-hydrogen) atoms. The average Bonchev–Trinajstić information content (AvgIpc) is 2.86. The number of aromatic carboxylic acids is 1. The highest BCUT2D eigenvalue weighted by molar-refractivity contribution is 5.96. The van der Waals surface area contributed by atoms with Crippen molar-refractivity contribution in [1.82, 2.24) is 14.4 Å². The second kappa shape index (κ2) is 6.57. The maximum Gasteiger partial charge on any atom is 0.352 e. The minimum atomic E-state index is -0.871. The van der Waals surface area contributed by atoms with Crippen molar-refractivity contribution in [3.05, 3.63) is 35.0 Å². The Labute approximate surface area is 143 Å². The summed E-state index contributed by atoms with van der Waals surface area (Å²) in [6.07, 6.45) is 0. The van der Waals surface area contributed by atoms with Crippen molar-refractivity contribution in [3.63, 3.8) is 0 Å². The first kappa shape index (κ1) is 17.0. The van der Waals surface area contributed by atoms with Crippen molar-refractivity contribution in [2.24, 2.45) is 7.05 Å². The molecule has 1 aliphatic heterocycles. The lowest BCUT2D eigenvalue weighted by molar-refractivity contribution is 0.0687. The highest BCUT2D eigenvalue weighted by atomic mass is 16.4. The zero-order chi connectivity index (χ0) is 17.4. The van der Waals surface area contributed by atoms with Gasteiger partial charge in [-0.2, -0.15) is 0 Å². The molecule has 0 aliphatic carbocycles. The van der Waals surface area contributed by atoms with Crippen LogP contribution < -0.4 is 0 Å². The summed E-state index contributed by atoms with van der Waals surface area (Å²) in [6.45, 7) is 9.65. The summed E-state index contributed by atoms with van der Waals surface area (Å²) >= 11 is 0. The van der Waals surface area contributed by atoms with E-state index in [2.05, 4.69) is 42.8 Å². The van der Waals surface area contributed by atoms with Crippen molar-refractivity contribution in [1.29, 1.82) is 0 Å². The van der Waals surface area contributed by atoms with E-state index in [-0.39, 0.29) is 0 Å². The molecule has 3 rings (SSSR count). The van der Waals surface area contributed by atoms with E-state index in [0.717, 1.165) is 43.6 Å². The Balaban J connectivity index is 1.99. The summed E-state index contributed by atoms with van der Waals surface area (Å²) in [6, 6.07) is 6.22. The molecule has 1 aromatic heterocycles. The minimum Gasteiger partial charge on any atom is -0.477 e. The van der Waals surface area contributed by atoms with E-state index in [4.69, 9.17) is 0 Å². The maximum atomic E-state index is 11.5. The molecule has 1 saturated heterocycles. The van der Waals surface area contributed by atoms with E-state index < -0.39 is 5.97 Å². The lowest BCUT2D eigenvalue weighted by Crippen LogP contribution is -2.43. The van der Waals surface area contributed by atoms with Gasteiger partial charge < -0.3 is 14.6 Å². The van der Waals surface area contributed by atoms with Crippen LogP contribution in [0.4, 0.5) is 0 Å². The van der Waals surface area contributed by atoms with Crippen LogP contribution in [0, 0.1) is 0 Å². The summed E-state index contributed by atoms with van der Waals surface area (Å²) in [5.41, 5.74) is 3.90. The van der Waals surface area contributed by atoms with E-state index in [1.165, 1.54) is 11.1 Å². The molecule has 1 N–H and O–H groups in total. The first-order chi connectivity index (χ1) is 11.4. The number of fused-ring (bicyclic) bond motifs is 1. The minimum absolute atomic E-state index is 0.351. The molecule has 0 bridgehead atoms. The lowest BCUT2D eigenvalue weighted by atomic mass is 9.97. The van der Waals surface area contributed by atoms with E-state index >= 15 is 0 Å². The van der Waals surface area contributed by atoms with Crippen molar-refractivity contribution in [2.45, 2.75) is 26.3 Å². The standard InChI is InChI=1S/C19H27N3O2/c1-13(2)16-10-14(12-22-7-5-20(3)6-8-22)9-15-11-17(19(23)24)21(4)18(15)16/h9-11,13H,5-8,12H2,1-4H3,(H,23,24). The molecule has 5 nitrogen and oxygen atoms in total. The van der Waals surface area contributed by atoms with Gasteiger partial charge in [0, 0.05) is 45.2 Å². The number of benzene rings is 1. The third-order valence-electron chi connectivity index (χ3n) is 5.06. The number of nitrogens with zero attached hydrogens (tertiary/aromatic N) is 3. The molecule has 5 heteroatoms. The maximum absolute atomic E-state index is 11.5. The molecular weight excluding hydrogens is 302 g/mol. The Hall–Kier alpha value is -1.85. The zero-order valence-electron chi connectivity index (χ0n) is 15.0. The van der Waals surface area contributed by atoms with Crippen LogP contribution in [0.1, 0.15) is 41.4 Å². The summed E-state index contributed by atoms with van der Waals surface area (Å²) in [5.74, 6) is -0.515. The van der Waals surface area contributed by atoms with Gasteiger partial charge in [0.25, 0.3) is 0 Å². The van der Waals surface area contributed by atoms with Crippen LogP contribution in [-0.4, -0.2) is 58.7 Å². The van der Waals surface area contributed by atoms with Gasteiger partial charge in [-0.3, -0.25) is 4.90 Å². The van der Waals surface area contributed by atoms with Crippen molar-refractivity contribution < 1.29 is 9.90 Å². The van der Waals surface area contributed by atoms with Crippen LogP contribution in [0.3, 0.4) is 0 Å². The number of carboxylic acid groups (broad SMARTS) is 1. The quantitative estimate of drug-likeness (QED) is 0.937. The van der Waals surface area contributed by atoms with Crippen molar-refractivity contribution >= 4 is 16.9 Å². The molecule has 1 aromatic carbocycles. The Kier molecular flexibility index (Phi) is 4.65. The topological polar surface area (TPSA) is 48.7 Å². The Morgan fingerprint density at radius 1 is 1.12 bits per heavy atom.